The molecule has 1 aromatic carbocycles. The van der Waals surface area contributed by atoms with Gasteiger partial charge >= 0.3 is 5.97 Å². The highest BCUT2D eigenvalue weighted by atomic mass is 16.5. The van der Waals surface area contributed by atoms with E-state index in [1.807, 2.05) is 35.2 Å². The summed E-state index contributed by atoms with van der Waals surface area (Å²) in [6, 6.07) is 9.38. The van der Waals surface area contributed by atoms with Crippen LogP contribution in [0.4, 0.5) is 0 Å². The van der Waals surface area contributed by atoms with Gasteiger partial charge < -0.3 is 4.74 Å². The first kappa shape index (κ1) is 11.7. The zero-order valence-corrected chi connectivity index (χ0v) is 9.63. The van der Waals surface area contributed by atoms with E-state index in [4.69, 9.17) is 11.2 Å². The van der Waals surface area contributed by atoms with Gasteiger partial charge in [0.05, 0.1) is 0 Å². The Bertz CT molecular complexity index is 418. The standard InChI is InChI=1S/C14H15NO2/c1-2-6-13(15-9-10-15)14(16)17-11-12-7-4-3-5-8-12/h1,3-5,7-8,13H,6,9-11H2/t13-/m0/s1. The summed E-state index contributed by atoms with van der Waals surface area (Å²) in [7, 11) is 0. The lowest BCUT2D eigenvalue weighted by molar-refractivity contribution is -0.149. The zero-order chi connectivity index (χ0) is 12.1. The van der Waals surface area contributed by atoms with E-state index in [2.05, 4.69) is 5.92 Å². The number of terminal acetylenes is 1. The third-order valence-electron chi connectivity index (χ3n) is 2.73. The Morgan fingerprint density at radius 1 is 1.41 bits per heavy atom. The first-order chi connectivity index (χ1) is 8.31. The van der Waals surface area contributed by atoms with Crippen LogP contribution in [0.25, 0.3) is 0 Å². The topological polar surface area (TPSA) is 29.3 Å². The maximum Gasteiger partial charge on any atom is 0.324 e. The Morgan fingerprint density at radius 3 is 2.71 bits per heavy atom. The molecule has 3 nitrogen and oxygen atoms in total. The molecular formula is C14H15NO2. The highest BCUT2D eigenvalue weighted by Gasteiger charge is 2.33. The van der Waals surface area contributed by atoms with Gasteiger partial charge in [0.25, 0.3) is 0 Å². The number of benzene rings is 1. The summed E-state index contributed by atoms with van der Waals surface area (Å²) in [5.74, 6) is 2.31. The van der Waals surface area contributed by atoms with Crippen LogP contribution in [0.5, 0.6) is 0 Å². The Labute approximate surface area is 101 Å². The van der Waals surface area contributed by atoms with E-state index in [0.29, 0.717) is 13.0 Å². The summed E-state index contributed by atoms with van der Waals surface area (Å²) in [5.41, 5.74) is 0.992. The van der Waals surface area contributed by atoms with Crippen LogP contribution in [-0.4, -0.2) is 30.0 Å². The second-order valence-corrected chi connectivity index (χ2v) is 4.05. The van der Waals surface area contributed by atoms with Crippen LogP contribution in [0, 0.1) is 12.3 Å². The molecule has 0 amide bonds. The quantitative estimate of drug-likeness (QED) is 0.434. The number of rotatable bonds is 5. The summed E-state index contributed by atoms with van der Waals surface area (Å²) >= 11 is 0. The number of carbonyl (C=O) groups is 1. The molecule has 1 saturated heterocycles. The van der Waals surface area contributed by atoms with Gasteiger partial charge in [-0.3, -0.25) is 9.69 Å². The minimum Gasteiger partial charge on any atom is -0.460 e. The minimum absolute atomic E-state index is 0.218. The summed E-state index contributed by atoms with van der Waals surface area (Å²) in [5, 5.41) is 0. The van der Waals surface area contributed by atoms with Crippen LogP contribution in [0.3, 0.4) is 0 Å². The molecule has 0 aromatic heterocycles. The van der Waals surface area contributed by atoms with Crippen LogP contribution in [0.15, 0.2) is 30.3 Å². The molecule has 2 rings (SSSR count). The third kappa shape index (κ3) is 3.33. The molecule has 1 aliphatic rings. The van der Waals surface area contributed by atoms with Gasteiger partial charge in [-0.25, -0.2) is 0 Å². The van der Waals surface area contributed by atoms with Crippen LogP contribution in [0.1, 0.15) is 12.0 Å². The maximum atomic E-state index is 11.8. The van der Waals surface area contributed by atoms with E-state index >= 15 is 0 Å². The SMILES string of the molecule is C#CC[C@@H](C(=O)OCc1ccccc1)N1CC1. The Morgan fingerprint density at radius 2 is 2.12 bits per heavy atom. The van der Waals surface area contributed by atoms with Crippen molar-refractivity contribution in [2.24, 2.45) is 0 Å². The van der Waals surface area contributed by atoms with E-state index in [1.54, 1.807) is 0 Å². The Hall–Kier alpha value is -1.79. The van der Waals surface area contributed by atoms with Gasteiger partial charge in [0.2, 0.25) is 0 Å². The molecular weight excluding hydrogens is 214 g/mol. The number of esters is 1. The van der Waals surface area contributed by atoms with Crippen LogP contribution in [0.2, 0.25) is 0 Å². The second-order valence-electron chi connectivity index (χ2n) is 4.05. The van der Waals surface area contributed by atoms with Crippen molar-refractivity contribution in [3.05, 3.63) is 35.9 Å². The fourth-order valence-corrected chi connectivity index (χ4v) is 1.67. The number of carbonyl (C=O) groups excluding carboxylic acids is 1. The van der Waals surface area contributed by atoms with Crippen molar-refractivity contribution in [2.75, 3.05) is 13.1 Å². The highest BCUT2D eigenvalue weighted by Crippen LogP contribution is 2.15. The van der Waals surface area contributed by atoms with Gasteiger partial charge in [-0.2, -0.15) is 0 Å². The molecule has 0 N–H and O–H groups in total. The first-order valence-electron chi connectivity index (χ1n) is 5.69. The van der Waals surface area contributed by atoms with Crippen molar-refractivity contribution >= 4 is 5.97 Å². The highest BCUT2D eigenvalue weighted by molar-refractivity contribution is 5.76. The molecule has 88 valence electrons. The number of hydrogen-bond acceptors (Lipinski definition) is 3. The molecule has 0 saturated carbocycles. The van der Waals surface area contributed by atoms with Crippen LogP contribution >= 0.6 is 0 Å². The molecule has 1 atom stereocenters. The predicted molar refractivity (Wildman–Crippen MR) is 65.0 cm³/mol. The van der Waals surface area contributed by atoms with Gasteiger partial charge in [0, 0.05) is 19.5 Å². The zero-order valence-electron chi connectivity index (χ0n) is 9.63. The van der Waals surface area contributed by atoms with E-state index in [-0.39, 0.29) is 12.0 Å². The molecule has 3 heteroatoms. The molecule has 1 fully saturated rings. The lowest BCUT2D eigenvalue weighted by atomic mass is 10.2. The van der Waals surface area contributed by atoms with Gasteiger partial charge in [-0.05, 0) is 5.56 Å². The number of hydrogen-bond donors (Lipinski definition) is 0. The van der Waals surface area contributed by atoms with Gasteiger partial charge in [-0.15, -0.1) is 12.3 Å². The summed E-state index contributed by atoms with van der Waals surface area (Å²) in [6.45, 7) is 2.19. The maximum absolute atomic E-state index is 11.8. The summed E-state index contributed by atoms with van der Waals surface area (Å²) < 4.78 is 5.27. The van der Waals surface area contributed by atoms with Crippen molar-refractivity contribution in [1.29, 1.82) is 0 Å². The molecule has 0 unspecified atom stereocenters. The van der Waals surface area contributed by atoms with E-state index in [9.17, 15) is 4.79 Å². The van der Waals surface area contributed by atoms with Gasteiger partial charge in [-0.1, -0.05) is 30.3 Å². The van der Waals surface area contributed by atoms with Crippen molar-refractivity contribution in [3.8, 4) is 12.3 Å². The molecule has 0 spiro atoms. The van der Waals surface area contributed by atoms with Crippen LogP contribution < -0.4 is 0 Å². The summed E-state index contributed by atoms with van der Waals surface area (Å²) in [6.07, 6.45) is 5.68. The normalized spacial score (nSPS) is 15.9. The van der Waals surface area contributed by atoms with E-state index in [1.165, 1.54) is 0 Å². The first-order valence-corrected chi connectivity index (χ1v) is 5.69. The Balaban J connectivity index is 1.86. The average Bonchev–Trinajstić information content (AvgIpc) is 3.18. The Kier molecular flexibility index (Phi) is 3.79. The fraction of sp³-hybridized carbons (Fsp3) is 0.357. The molecule has 1 aromatic rings. The molecule has 17 heavy (non-hydrogen) atoms. The lowest BCUT2D eigenvalue weighted by Crippen LogP contribution is -2.30. The molecule has 1 heterocycles. The van der Waals surface area contributed by atoms with Gasteiger partial charge in [0.1, 0.15) is 12.6 Å². The van der Waals surface area contributed by atoms with E-state index in [0.717, 1.165) is 18.7 Å². The lowest BCUT2D eigenvalue weighted by Gasteiger charge is -2.14. The summed E-state index contributed by atoms with van der Waals surface area (Å²) in [4.78, 5) is 13.8. The number of ether oxygens (including phenoxy) is 1. The minimum atomic E-state index is -0.260. The number of nitrogens with zero attached hydrogens (tertiary/aromatic N) is 1. The molecule has 0 radical (unpaired) electrons. The van der Waals surface area contributed by atoms with E-state index < -0.39 is 0 Å². The molecule has 0 aliphatic carbocycles. The largest absolute Gasteiger partial charge is 0.460 e. The fourth-order valence-electron chi connectivity index (χ4n) is 1.67. The third-order valence-corrected chi connectivity index (χ3v) is 2.73. The second kappa shape index (κ2) is 5.51. The van der Waals surface area contributed by atoms with Crippen LogP contribution in [-0.2, 0) is 16.1 Å². The van der Waals surface area contributed by atoms with Crippen molar-refractivity contribution in [3.63, 3.8) is 0 Å². The van der Waals surface area contributed by atoms with Crippen molar-refractivity contribution in [1.82, 2.24) is 4.90 Å². The predicted octanol–water partition coefficient (Wildman–Crippen LogP) is 1.44. The van der Waals surface area contributed by atoms with Crippen molar-refractivity contribution in [2.45, 2.75) is 19.1 Å². The van der Waals surface area contributed by atoms with Crippen molar-refractivity contribution < 1.29 is 9.53 Å². The monoisotopic (exact) mass is 229 g/mol. The molecule has 0 bridgehead atoms. The average molecular weight is 229 g/mol. The van der Waals surface area contributed by atoms with Gasteiger partial charge in [0.15, 0.2) is 0 Å². The molecule has 1 aliphatic heterocycles. The smallest absolute Gasteiger partial charge is 0.324 e.